The van der Waals surface area contributed by atoms with E-state index in [0.717, 1.165) is 92.0 Å². The summed E-state index contributed by atoms with van der Waals surface area (Å²) >= 11 is 0. The molecule has 3 aromatic rings. The third-order valence-electron chi connectivity index (χ3n) is 7.48. The Bertz CT molecular complexity index is 1250. The van der Waals surface area contributed by atoms with Crippen LogP contribution in [-0.2, 0) is 19.5 Å². The van der Waals surface area contributed by atoms with Crippen molar-refractivity contribution in [3.8, 4) is 11.8 Å². The van der Waals surface area contributed by atoms with Crippen LogP contribution >= 0.6 is 24.8 Å². The molecule has 2 heterocycles. The van der Waals surface area contributed by atoms with Crippen molar-refractivity contribution in [1.29, 1.82) is 5.26 Å². The van der Waals surface area contributed by atoms with Gasteiger partial charge in [-0.15, -0.1) is 24.8 Å². The minimum Gasteiger partial charge on any atom is -0.493 e. The number of rotatable bonds is 10. The number of hydrogen-bond donors (Lipinski definition) is 0. The van der Waals surface area contributed by atoms with Crippen LogP contribution in [0.25, 0.3) is 11.0 Å². The molecule has 5 rings (SSSR count). The Labute approximate surface area is 236 Å². The van der Waals surface area contributed by atoms with Gasteiger partial charge in [0.1, 0.15) is 17.6 Å². The first kappa shape index (κ1) is 30.2. The molecule has 6 nitrogen and oxygen atoms in total. The van der Waals surface area contributed by atoms with Gasteiger partial charge < -0.3 is 14.2 Å². The maximum absolute atomic E-state index is 13.6. The zero-order chi connectivity index (χ0) is 25.1. The van der Waals surface area contributed by atoms with Gasteiger partial charge in [0.25, 0.3) is 0 Å². The van der Waals surface area contributed by atoms with Crippen molar-refractivity contribution in [1.82, 2.24) is 15.0 Å². The number of nitrogens with zero attached hydrogens (tertiary/aromatic N) is 4. The van der Waals surface area contributed by atoms with Gasteiger partial charge in [-0.25, -0.2) is 4.39 Å². The summed E-state index contributed by atoms with van der Waals surface area (Å²) in [6.07, 6.45) is 6.80. The van der Waals surface area contributed by atoms with Gasteiger partial charge in [-0.2, -0.15) is 5.26 Å². The molecular weight excluding hydrogens is 526 g/mol. The summed E-state index contributed by atoms with van der Waals surface area (Å²) in [7, 11) is 4.12. The highest BCUT2D eigenvalue weighted by Gasteiger charge is 2.25. The Morgan fingerprint density at radius 2 is 1.87 bits per heavy atom. The second-order valence-corrected chi connectivity index (χ2v) is 10.7. The quantitative estimate of drug-likeness (QED) is 0.285. The summed E-state index contributed by atoms with van der Waals surface area (Å²) in [5, 5.41) is 14.7. The fourth-order valence-corrected chi connectivity index (χ4v) is 5.15. The molecule has 0 bridgehead atoms. The highest BCUT2D eigenvalue weighted by molar-refractivity contribution is 5.86. The Morgan fingerprint density at radius 3 is 2.55 bits per heavy atom. The number of aryl methyl sites for hydroxylation is 1. The molecule has 1 aliphatic heterocycles. The van der Waals surface area contributed by atoms with Gasteiger partial charge in [0.2, 0.25) is 0 Å². The molecule has 0 atom stereocenters. The van der Waals surface area contributed by atoms with Gasteiger partial charge in [-0.1, -0.05) is 11.2 Å². The molecule has 9 heteroatoms. The number of nitriles is 1. The third-order valence-corrected chi connectivity index (χ3v) is 7.48. The van der Waals surface area contributed by atoms with Crippen LogP contribution in [0.2, 0.25) is 0 Å². The number of aromatic nitrogens is 1. The van der Waals surface area contributed by atoms with E-state index in [0.29, 0.717) is 11.8 Å². The van der Waals surface area contributed by atoms with Crippen LogP contribution in [0.4, 0.5) is 4.39 Å². The van der Waals surface area contributed by atoms with Crippen molar-refractivity contribution in [3.63, 3.8) is 0 Å². The van der Waals surface area contributed by atoms with Crippen LogP contribution in [0.3, 0.4) is 0 Å². The summed E-state index contributed by atoms with van der Waals surface area (Å²) < 4.78 is 25.6. The van der Waals surface area contributed by atoms with Crippen molar-refractivity contribution in [2.45, 2.75) is 51.6 Å². The van der Waals surface area contributed by atoms with E-state index in [1.165, 1.54) is 18.9 Å². The number of benzene rings is 2. The van der Waals surface area contributed by atoms with Crippen LogP contribution < -0.4 is 4.74 Å². The average molecular weight is 564 g/mol. The number of halogens is 3. The van der Waals surface area contributed by atoms with Gasteiger partial charge in [0.05, 0.1) is 23.4 Å². The maximum Gasteiger partial charge on any atom is 0.175 e. The molecule has 1 aromatic heterocycles. The molecule has 1 saturated carbocycles. The lowest BCUT2D eigenvalue weighted by Gasteiger charge is -2.32. The Kier molecular flexibility index (Phi) is 10.8. The molecule has 2 fully saturated rings. The molecule has 2 aliphatic rings. The average Bonchev–Trinajstić information content (AvgIpc) is 3.61. The van der Waals surface area contributed by atoms with Crippen LogP contribution in [0, 0.1) is 29.0 Å². The molecule has 2 aromatic carbocycles. The first-order valence-corrected chi connectivity index (χ1v) is 13.1. The number of ether oxygens (including phenoxy) is 1. The van der Waals surface area contributed by atoms with Crippen molar-refractivity contribution in [2.75, 3.05) is 33.8 Å². The van der Waals surface area contributed by atoms with Gasteiger partial charge >= 0.3 is 0 Å². The molecule has 1 saturated heterocycles. The highest BCUT2D eigenvalue weighted by Crippen LogP contribution is 2.35. The van der Waals surface area contributed by atoms with Crippen molar-refractivity contribution in [2.24, 2.45) is 11.8 Å². The number of likely N-dealkylation sites (tertiary alicyclic amines) is 1. The van der Waals surface area contributed by atoms with Crippen LogP contribution in [0.1, 0.15) is 54.5 Å². The first-order valence-electron chi connectivity index (χ1n) is 13.1. The fraction of sp³-hybridized carbons (Fsp3) is 0.517. The molecule has 1 aliphatic carbocycles. The number of fused-ring (bicyclic) bond motifs is 1. The van der Waals surface area contributed by atoms with Crippen molar-refractivity contribution in [3.05, 3.63) is 58.5 Å². The molecule has 0 unspecified atom stereocenters. The summed E-state index contributed by atoms with van der Waals surface area (Å²) in [5.74, 6) is 1.82. The number of hydrogen-bond acceptors (Lipinski definition) is 6. The predicted molar refractivity (Wildman–Crippen MR) is 152 cm³/mol. The standard InChI is InChI=1S/C29H35FN4O2.2ClH/c1-33(2)18-25-28(35-19-21-3-4-21)10-7-24-27(32-36-29(24)25)9-6-20-11-13-34(14-12-20)17-22-5-8-26(30)23(15-22)16-31;;/h5,7-8,10,15,20-21H,3-4,6,9,11-14,17-19H2,1-2H3;2*1H. The Balaban J connectivity index is 0.00000200. The summed E-state index contributed by atoms with van der Waals surface area (Å²) in [6.45, 7) is 4.33. The topological polar surface area (TPSA) is 65.5 Å². The van der Waals surface area contributed by atoms with E-state index in [1.807, 2.05) is 6.07 Å². The monoisotopic (exact) mass is 562 g/mol. The first-order chi connectivity index (χ1) is 17.5. The lowest BCUT2D eigenvalue weighted by atomic mass is 9.91. The smallest absolute Gasteiger partial charge is 0.175 e. The zero-order valence-electron chi connectivity index (χ0n) is 22.1. The van der Waals surface area contributed by atoms with Gasteiger partial charge in [-0.05, 0) is 107 Å². The van der Waals surface area contributed by atoms with Gasteiger partial charge in [-0.3, -0.25) is 4.90 Å². The van der Waals surface area contributed by atoms with E-state index in [2.05, 4.69) is 41.2 Å². The fourth-order valence-electron chi connectivity index (χ4n) is 5.15. The predicted octanol–water partition coefficient (Wildman–Crippen LogP) is 6.38. The Hall–Kier alpha value is -2.37. The minimum atomic E-state index is -0.448. The lowest BCUT2D eigenvalue weighted by molar-refractivity contribution is 0.172. The van der Waals surface area contributed by atoms with E-state index in [4.69, 9.17) is 14.5 Å². The zero-order valence-corrected chi connectivity index (χ0v) is 23.8. The molecular formula is C29H37Cl2FN4O2. The van der Waals surface area contributed by atoms with Gasteiger partial charge in [0.15, 0.2) is 5.58 Å². The molecule has 0 amide bonds. The van der Waals surface area contributed by atoms with Crippen LogP contribution in [-0.4, -0.2) is 48.7 Å². The molecule has 38 heavy (non-hydrogen) atoms. The summed E-state index contributed by atoms with van der Waals surface area (Å²) in [4.78, 5) is 4.54. The largest absolute Gasteiger partial charge is 0.493 e. The van der Waals surface area contributed by atoms with E-state index in [9.17, 15) is 4.39 Å². The van der Waals surface area contributed by atoms with Crippen molar-refractivity contribution < 1.29 is 13.7 Å². The summed E-state index contributed by atoms with van der Waals surface area (Å²) in [5.41, 5.74) is 4.10. The van der Waals surface area contributed by atoms with Crippen LogP contribution in [0.15, 0.2) is 34.9 Å². The van der Waals surface area contributed by atoms with E-state index in [1.54, 1.807) is 12.1 Å². The lowest BCUT2D eigenvalue weighted by Crippen LogP contribution is -2.33. The van der Waals surface area contributed by atoms with Gasteiger partial charge in [0, 0.05) is 18.5 Å². The molecule has 0 radical (unpaired) electrons. The molecule has 0 N–H and O–H groups in total. The highest BCUT2D eigenvalue weighted by atomic mass is 35.5. The molecule has 0 spiro atoms. The second-order valence-electron chi connectivity index (χ2n) is 10.7. The second kappa shape index (κ2) is 13.6. The maximum atomic E-state index is 13.6. The van der Waals surface area contributed by atoms with E-state index < -0.39 is 5.82 Å². The number of piperidine rings is 1. The van der Waals surface area contributed by atoms with Crippen LogP contribution in [0.5, 0.6) is 5.75 Å². The third kappa shape index (κ3) is 7.39. The minimum absolute atomic E-state index is 0. The summed E-state index contributed by atoms with van der Waals surface area (Å²) in [6, 6.07) is 11.0. The Morgan fingerprint density at radius 1 is 1.11 bits per heavy atom. The van der Waals surface area contributed by atoms with E-state index in [-0.39, 0.29) is 30.4 Å². The van der Waals surface area contributed by atoms with E-state index >= 15 is 0 Å². The van der Waals surface area contributed by atoms with Crippen molar-refractivity contribution >= 4 is 35.8 Å². The SMILES string of the molecule is CN(C)Cc1c(OCC2CC2)ccc2c(CCC3CCN(Cc4ccc(F)c(C#N)c4)CC3)noc12.Cl.Cl. The molecule has 206 valence electrons. The normalized spacial score (nSPS) is 16.2.